The average molecular weight is 232 g/mol. The topological polar surface area (TPSA) is 70.6 Å². The molecule has 1 atom stereocenters. The Bertz CT molecular complexity index is 172. The Morgan fingerprint density at radius 2 is 2.12 bits per heavy atom. The van der Waals surface area contributed by atoms with Gasteiger partial charge in [-0.25, -0.2) is 0 Å². The maximum absolute atomic E-state index is 9.60. The second kappa shape index (κ2) is 8.50. The molecule has 0 amide bonds. The standard InChI is InChI=1S/C6H14N2O.C5H10O2/c9-4-1-6-5-7-2-3-8-6;1-5(2,3)7-4-6/h6-9H,1-5H2;4H,1-3H3. The van der Waals surface area contributed by atoms with Gasteiger partial charge in [-0.05, 0) is 27.2 Å². The van der Waals surface area contributed by atoms with Gasteiger partial charge in [0, 0.05) is 32.3 Å². The Hall–Kier alpha value is -0.650. The number of hydrogen-bond acceptors (Lipinski definition) is 5. The summed E-state index contributed by atoms with van der Waals surface area (Å²) in [6.45, 7) is 9.30. The number of ether oxygens (including phenoxy) is 1. The first-order chi connectivity index (χ1) is 7.49. The van der Waals surface area contributed by atoms with Crippen molar-refractivity contribution in [1.29, 1.82) is 0 Å². The number of carbonyl (C=O) groups is 1. The van der Waals surface area contributed by atoms with Crippen molar-refractivity contribution >= 4 is 6.47 Å². The highest BCUT2D eigenvalue weighted by Crippen LogP contribution is 2.02. The van der Waals surface area contributed by atoms with E-state index in [9.17, 15) is 4.79 Å². The van der Waals surface area contributed by atoms with Crippen molar-refractivity contribution in [1.82, 2.24) is 10.6 Å². The van der Waals surface area contributed by atoms with Crippen LogP contribution in [0.15, 0.2) is 0 Å². The molecule has 0 aliphatic carbocycles. The molecule has 5 nitrogen and oxygen atoms in total. The van der Waals surface area contributed by atoms with E-state index < -0.39 is 0 Å². The van der Waals surface area contributed by atoms with Gasteiger partial charge >= 0.3 is 0 Å². The fourth-order valence-corrected chi connectivity index (χ4v) is 1.22. The zero-order valence-electron chi connectivity index (χ0n) is 10.5. The Morgan fingerprint density at radius 1 is 1.44 bits per heavy atom. The van der Waals surface area contributed by atoms with Gasteiger partial charge in [0.25, 0.3) is 6.47 Å². The van der Waals surface area contributed by atoms with Crippen LogP contribution in [0.2, 0.25) is 0 Å². The minimum atomic E-state index is -0.318. The number of piperazine rings is 1. The van der Waals surface area contributed by atoms with Crippen molar-refractivity contribution < 1.29 is 14.6 Å². The monoisotopic (exact) mass is 232 g/mol. The summed E-state index contributed by atoms with van der Waals surface area (Å²) in [6.07, 6.45) is 0.868. The van der Waals surface area contributed by atoms with Crippen LogP contribution in [-0.2, 0) is 9.53 Å². The molecule has 5 heteroatoms. The number of carbonyl (C=O) groups excluding carboxylic acids is 1. The minimum Gasteiger partial charge on any atom is -0.462 e. The highest BCUT2D eigenvalue weighted by Gasteiger charge is 2.09. The number of aliphatic hydroxyl groups is 1. The van der Waals surface area contributed by atoms with Gasteiger partial charge in [-0.2, -0.15) is 0 Å². The fraction of sp³-hybridized carbons (Fsp3) is 0.909. The van der Waals surface area contributed by atoms with Crippen LogP contribution in [0.3, 0.4) is 0 Å². The molecule has 1 heterocycles. The number of hydrogen-bond donors (Lipinski definition) is 3. The summed E-state index contributed by atoms with van der Waals surface area (Å²) in [5.74, 6) is 0. The Morgan fingerprint density at radius 3 is 2.44 bits per heavy atom. The van der Waals surface area contributed by atoms with Gasteiger partial charge in [0.1, 0.15) is 5.60 Å². The molecule has 1 saturated heterocycles. The van der Waals surface area contributed by atoms with Crippen LogP contribution in [0.5, 0.6) is 0 Å². The summed E-state index contributed by atoms with van der Waals surface area (Å²) >= 11 is 0. The van der Waals surface area contributed by atoms with Crippen LogP contribution in [0.25, 0.3) is 0 Å². The molecule has 1 fully saturated rings. The fourth-order valence-electron chi connectivity index (χ4n) is 1.22. The van der Waals surface area contributed by atoms with E-state index in [0.29, 0.717) is 19.1 Å². The lowest BCUT2D eigenvalue weighted by Gasteiger charge is -2.23. The van der Waals surface area contributed by atoms with Crippen LogP contribution >= 0.6 is 0 Å². The lowest BCUT2D eigenvalue weighted by Crippen LogP contribution is -2.48. The molecule has 1 unspecified atom stereocenters. The second-order valence-corrected chi connectivity index (χ2v) is 4.69. The number of rotatable bonds is 3. The molecule has 16 heavy (non-hydrogen) atoms. The zero-order chi connectivity index (χ0) is 12.4. The van der Waals surface area contributed by atoms with E-state index in [4.69, 9.17) is 5.11 Å². The van der Waals surface area contributed by atoms with E-state index in [1.54, 1.807) is 0 Å². The summed E-state index contributed by atoms with van der Waals surface area (Å²) in [4.78, 5) is 9.60. The van der Waals surface area contributed by atoms with Gasteiger partial charge in [0.15, 0.2) is 0 Å². The minimum absolute atomic E-state index is 0.291. The first-order valence-corrected chi connectivity index (χ1v) is 5.66. The maximum Gasteiger partial charge on any atom is 0.293 e. The molecular weight excluding hydrogens is 208 g/mol. The molecule has 1 aliphatic rings. The van der Waals surface area contributed by atoms with Gasteiger partial charge in [0.2, 0.25) is 0 Å². The Balaban J connectivity index is 0.000000293. The van der Waals surface area contributed by atoms with Crippen LogP contribution < -0.4 is 10.6 Å². The van der Waals surface area contributed by atoms with Gasteiger partial charge in [-0.15, -0.1) is 0 Å². The van der Waals surface area contributed by atoms with E-state index in [-0.39, 0.29) is 5.60 Å². The van der Waals surface area contributed by atoms with Crippen LogP contribution in [0.4, 0.5) is 0 Å². The van der Waals surface area contributed by atoms with Gasteiger partial charge in [0.05, 0.1) is 0 Å². The third kappa shape index (κ3) is 9.89. The lowest BCUT2D eigenvalue weighted by molar-refractivity contribution is -0.138. The normalized spacial score (nSPS) is 20.6. The molecule has 0 aromatic rings. The summed E-state index contributed by atoms with van der Waals surface area (Å²) in [5, 5.41) is 15.1. The first kappa shape index (κ1) is 15.3. The van der Waals surface area contributed by atoms with Crippen LogP contribution in [0, 0.1) is 0 Å². The Labute approximate surface area is 97.6 Å². The van der Waals surface area contributed by atoms with Gasteiger partial charge in [-0.3, -0.25) is 4.79 Å². The smallest absolute Gasteiger partial charge is 0.293 e. The number of aliphatic hydroxyl groups excluding tert-OH is 1. The molecular formula is C11H24N2O3. The van der Waals surface area contributed by atoms with E-state index in [0.717, 1.165) is 26.1 Å². The van der Waals surface area contributed by atoms with E-state index >= 15 is 0 Å². The maximum atomic E-state index is 9.60. The predicted molar refractivity (Wildman–Crippen MR) is 63.3 cm³/mol. The van der Waals surface area contributed by atoms with Gasteiger partial charge < -0.3 is 20.5 Å². The van der Waals surface area contributed by atoms with Crippen molar-refractivity contribution in [3.8, 4) is 0 Å². The molecule has 0 spiro atoms. The Kier molecular flexibility index (Phi) is 8.15. The van der Waals surface area contributed by atoms with Crippen molar-refractivity contribution in [2.75, 3.05) is 26.2 Å². The van der Waals surface area contributed by atoms with Crippen molar-refractivity contribution in [2.24, 2.45) is 0 Å². The van der Waals surface area contributed by atoms with Crippen LogP contribution in [-0.4, -0.2) is 49.5 Å². The molecule has 3 N–H and O–H groups in total. The third-order valence-electron chi connectivity index (χ3n) is 2.00. The van der Waals surface area contributed by atoms with Crippen molar-refractivity contribution in [3.05, 3.63) is 0 Å². The summed E-state index contributed by atoms with van der Waals surface area (Å²) < 4.78 is 4.55. The van der Waals surface area contributed by atoms with Crippen molar-refractivity contribution in [2.45, 2.75) is 38.8 Å². The lowest BCUT2D eigenvalue weighted by atomic mass is 10.2. The highest BCUT2D eigenvalue weighted by molar-refractivity contribution is 5.37. The van der Waals surface area contributed by atoms with Crippen LogP contribution in [0.1, 0.15) is 27.2 Å². The highest BCUT2D eigenvalue weighted by atomic mass is 16.5. The molecule has 0 bridgehead atoms. The molecule has 0 saturated carbocycles. The zero-order valence-corrected chi connectivity index (χ0v) is 10.5. The predicted octanol–water partition coefficient (Wildman–Crippen LogP) is -0.112. The quantitative estimate of drug-likeness (QED) is 0.592. The number of nitrogens with one attached hydrogen (secondary N) is 2. The summed E-state index contributed by atoms with van der Waals surface area (Å²) in [5.41, 5.74) is -0.318. The van der Waals surface area contributed by atoms with Gasteiger partial charge in [-0.1, -0.05) is 0 Å². The summed E-state index contributed by atoms with van der Waals surface area (Å²) in [7, 11) is 0. The largest absolute Gasteiger partial charge is 0.462 e. The van der Waals surface area contributed by atoms with E-state index in [1.165, 1.54) is 0 Å². The molecule has 0 aromatic heterocycles. The SMILES string of the molecule is CC(C)(C)OC=O.OCCC1CNCCN1. The molecule has 1 aliphatic heterocycles. The van der Waals surface area contributed by atoms with Crippen molar-refractivity contribution in [3.63, 3.8) is 0 Å². The average Bonchev–Trinajstić information content (AvgIpc) is 2.19. The van der Waals surface area contributed by atoms with E-state index in [2.05, 4.69) is 15.4 Å². The molecule has 0 radical (unpaired) electrons. The van der Waals surface area contributed by atoms with E-state index in [1.807, 2.05) is 20.8 Å². The molecule has 0 aromatic carbocycles. The molecule has 1 rings (SSSR count). The first-order valence-electron chi connectivity index (χ1n) is 5.66. The second-order valence-electron chi connectivity index (χ2n) is 4.69. The third-order valence-corrected chi connectivity index (χ3v) is 2.00. The molecule has 96 valence electrons. The summed E-state index contributed by atoms with van der Waals surface area (Å²) in [6, 6.07) is 0.490.